The quantitative estimate of drug-likeness (QED) is 0.635. The van der Waals surface area contributed by atoms with Gasteiger partial charge in [-0.1, -0.05) is 18.2 Å². The number of hydrogen-bond acceptors (Lipinski definition) is 5. The molecule has 3 aliphatic heterocycles. The van der Waals surface area contributed by atoms with Crippen molar-refractivity contribution in [3.8, 4) is 0 Å². The van der Waals surface area contributed by atoms with E-state index >= 15 is 0 Å². The molecule has 30 heavy (non-hydrogen) atoms. The normalized spacial score (nSPS) is 26.6. The molecule has 3 aliphatic rings. The number of sulfonamides is 1. The largest absolute Gasteiger partial charge is 0.371 e. The van der Waals surface area contributed by atoms with Crippen molar-refractivity contribution in [2.75, 3.05) is 43.9 Å². The summed E-state index contributed by atoms with van der Waals surface area (Å²) in [6.45, 7) is 2.95. The number of rotatable bonds is 6. The molecule has 4 rings (SSSR count). The highest BCUT2D eigenvalue weighted by Gasteiger charge is 2.53. The lowest BCUT2D eigenvalue weighted by atomic mass is 9.84. The van der Waals surface area contributed by atoms with E-state index in [1.165, 1.54) is 15.6 Å². The summed E-state index contributed by atoms with van der Waals surface area (Å²) in [5, 5.41) is 5.72. The molecule has 1 aromatic rings. The maximum Gasteiger partial charge on any atom is 0.242 e. The predicted molar refractivity (Wildman–Crippen MR) is 115 cm³/mol. The van der Waals surface area contributed by atoms with Gasteiger partial charge in [0, 0.05) is 38.4 Å². The van der Waals surface area contributed by atoms with Crippen molar-refractivity contribution in [3.05, 3.63) is 29.8 Å². The summed E-state index contributed by atoms with van der Waals surface area (Å²) in [5.41, 5.74) is 1.89. The standard InChI is InChI=1S/C21H30N4O4S/c1-30(28,29)25-13-9-21(15-25)14-17(23-20(21)27)19(26)22-10-5-12-24-11-4-7-16-6-2-3-8-18(16)24/h2-3,6,8,17H,4-5,7,9-15H2,1H3,(H,22,26)(H,23,27)/t17-,21-/m0/s1. The minimum absolute atomic E-state index is 0.163. The second-order valence-corrected chi connectivity index (χ2v) is 10.7. The van der Waals surface area contributed by atoms with Gasteiger partial charge in [-0.15, -0.1) is 0 Å². The van der Waals surface area contributed by atoms with Crippen molar-refractivity contribution >= 4 is 27.5 Å². The van der Waals surface area contributed by atoms with E-state index < -0.39 is 21.5 Å². The van der Waals surface area contributed by atoms with E-state index in [4.69, 9.17) is 0 Å². The fourth-order valence-electron chi connectivity index (χ4n) is 4.92. The molecule has 0 aliphatic carbocycles. The van der Waals surface area contributed by atoms with Crippen LogP contribution in [-0.2, 0) is 26.0 Å². The second kappa shape index (κ2) is 8.19. The monoisotopic (exact) mass is 434 g/mol. The summed E-state index contributed by atoms with van der Waals surface area (Å²) in [5.74, 6) is -0.393. The first-order valence-electron chi connectivity index (χ1n) is 10.7. The van der Waals surface area contributed by atoms with E-state index in [2.05, 4.69) is 39.8 Å². The van der Waals surface area contributed by atoms with Crippen molar-refractivity contribution < 1.29 is 18.0 Å². The van der Waals surface area contributed by atoms with Gasteiger partial charge in [-0.3, -0.25) is 9.59 Å². The van der Waals surface area contributed by atoms with Crippen LogP contribution in [0, 0.1) is 5.41 Å². The summed E-state index contributed by atoms with van der Waals surface area (Å²) in [4.78, 5) is 27.5. The van der Waals surface area contributed by atoms with Crippen LogP contribution >= 0.6 is 0 Å². The van der Waals surface area contributed by atoms with Gasteiger partial charge in [-0.05, 0) is 43.7 Å². The second-order valence-electron chi connectivity index (χ2n) is 8.72. The molecular formula is C21H30N4O4S. The topological polar surface area (TPSA) is 98.8 Å². The summed E-state index contributed by atoms with van der Waals surface area (Å²) in [7, 11) is -3.33. The Kier molecular flexibility index (Phi) is 5.76. The van der Waals surface area contributed by atoms with Gasteiger partial charge < -0.3 is 15.5 Å². The van der Waals surface area contributed by atoms with Crippen LogP contribution in [0.3, 0.4) is 0 Å². The van der Waals surface area contributed by atoms with Crippen LogP contribution in [0.1, 0.15) is 31.2 Å². The van der Waals surface area contributed by atoms with E-state index in [0.29, 0.717) is 25.9 Å². The highest BCUT2D eigenvalue weighted by molar-refractivity contribution is 7.88. The third kappa shape index (κ3) is 4.18. The lowest BCUT2D eigenvalue weighted by Crippen LogP contribution is -2.42. The third-order valence-electron chi connectivity index (χ3n) is 6.60. The minimum Gasteiger partial charge on any atom is -0.371 e. The molecule has 0 radical (unpaired) electrons. The lowest BCUT2D eigenvalue weighted by Gasteiger charge is -2.31. The van der Waals surface area contributed by atoms with E-state index in [-0.39, 0.29) is 18.4 Å². The maximum absolute atomic E-state index is 12.6. The Morgan fingerprint density at radius 1 is 1.30 bits per heavy atom. The number of hydrogen-bond donors (Lipinski definition) is 2. The van der Waals surface area contributed by atoms with E-state index in [0.717, 1.165) is 38.6 Å². The predicted octanol–water partition coefficient (Wildman–Crippen LogP) is 0.486. The summed E-state index contributed by atoms with van der Waals surface area (Å²) >= 11 is 0. The number of fused-ring (bicyclic) bond motifs is 1. The van der Waals surface area contributed by atoms with Crippen LogP contribution < -0.4 is 15.5 Å². The Morgan fingerprint density at radius 2 is 2.10 bits per heavy atom. The van der Waals surface area contributed by atoms with Crippen LogP contribution in [0.15, 0.2) is 24.3 Å². The molecule has 3 heterocycles. The molecule has 1 spiro atoms. The number of carbonyl (C=O) groups excluding carboxylic acids is 2. The van der Waals surface area contributed by atoms with Crippen molar-refractivity contribution in [2.24, 2.45) is 5.41 Å². The molecule has 0 unspecified atom stereocenters. The highest BCUT2D eigenvalue weighted by Crippen LogP contribution is 2.40. The average Bonchev–Trinajstić information content (AvgIpc) is 3.30. The van der Waals surface area contributed by atoms with Crippen LogP contribution in [0.2, 0.25) is 0 Å². The number of para-hydroxylation sites is 1. The molecule has 2 saturated heterocycles. The molecular weight excluding hydrogens is 404 g/mol. The van der Waals surface area contributed by atoms with Crippen molar-refractivity contribution in [1.29, 1.82) is 0 Å². The maximum atomic E-state index is 12.6. The number of carbonyl (C=O) groups is 2. The van der Waals surface area contributed by atoms with Gasteiger partial charge >= 0.3 is 0 Å². The highest BCUT2D eigenvalue weighted by atomic mass is 32.2. The Labute approximate surface area is 178 Å². The van der Waals surface area contributed by atoms with Gasteiger partial charge in [-0.2, -0.15) is 0 Å². The number of aryl methyl sites for hydroxylation is 1. The van der Waals surface area contributed by atoms with Gasteiger partial charge in [0.1, 0.15) is 6.04 Å². The lowest BCUT2D eigenvalue weighted by molar-refractivity contribution is -0.128. The SMILES string of the molecule is CS(=O)(=O)N1CC[C@]2(C[C@@H](C(=O)NCCCN3CCCc4ccccc43)NC2=O)C1. The van der Waals surface area contributed by atoms with Crippen LogP contribution in [0.5, 0.6) is 0 Å². The summed E-state index contributed by atoms with van der Waals surface area (Å²) in [6, 6.07) is 7.88. The molecule has 2 atom stereocenters. The number of amides is 2. The number of benzene rings is 1. The van der Waals surface area contributed by atoms with Crippen molar-refractivity contribution in [1.82, 2.24) is 14.9 Å². The van der Waals surface area contributed by atoms with Crippen LogP contribution in [0.25, 0.3) is 0 Å². The van der Waals surface area contributed by atoms with Gasteiger partial charge in [0.2, 0.25) is 21.8 Å². The first kappa shape index (κ1) is 21.1. The van der Waals surface area contributed by atoms with E-state index in [1.807, 2.05) is 0 Å². The molecule has 9 heteroatoms. The molecule has 0 bridgehead atoms. The Balaban J connectivity index is 1.25. The van der Waals surface area contributed by atoms with Crippen LogP contribution in [-0.4, -0.2) is 69.6 Å². The first-order chi connectivity index (χ1) is 14.3. The molecule has 1 aromatic carbocycles. The zero-order chi connectivity index (χ0) is 21.4. The summed E-state index contributed by atoms with van der Waals surface area (Å²) in [6.07, 6.45) is 5.05. The zero-order valence-corrected chi connectivity index (χ0v) is 18.2. The molecule has 0 aromatic heterocycles. The van der Waals surface area contributed by atoms with Gasteiger partial charge in [0.05, 0.1) is 11.7 Å². The first-order valence-corrected chi connectivity index (χ1v) is 12.5. The molecule has 2 fully saturated rings. The van der Waals surface area contributed by atoms with Crippen molar-refractivity contribution in [2.45, 2.75) is 38.1 Å². The Morgan fingerprint density at radius 3 is 2.87 bits per heavy atom. The van der Waals surface area contributed by atoms with Crippen molar-refractivity contribution in [3.63, 3.8) is 0 Å². The fraction of sp³-hybridized carbons (Fsp3) is 0.619. The number of nitrogens with one attached hydrogen (secondary N) is 2. The number of nitrogens with zero attached hydrogens (tertiary/aromatic N) is 2. The van der Waals surface area contributed by atoms with Gasteiger partial charge in [0.15, 0.2) is 0 Å². The minimum atomic E-state index is -3.33. The van der Waals surface area contributed by atoms with Gasteiger partial charge in [-0.25, -0.2) is 12.7 Å². The molecule has 0 saturated carbocycles. The zero-order valence-electron chi connectivity index (χ0n) is 17.4. The van der Waals surface area contributed by atoms with E-state index in [9.17, 15) is 18.0 Å². The summed E-state index contributed by atoms with van der Waals surface area (Å²) < 4.78 is 24.9. The number of anilines is 1. The molecule has 2 N–H and O–H groups in total. The van der Waals surface area contributed by atoms with Crippen LogP contribution in [0.4, 0.5) is 5.69 Å². The third-order valence-corrected chi connectivity index (χ3v) is 7.85. The Hall–Kier alpha value is -2.13. The smallest absolute Gasteiger partial charge is 0.242 e. The van der Waals surface area contributed by atoms with E-state index in [1.54, 1.807) is 0 Å². The molecule has 8 nitrogen and oxygen atoms in total. The molecule has 164 valence electrons. The fourth-order valence-corrected chi connectivity index (χ4v) is 5.83. The molecule has 2 amide bonds. The van der Waals surface area contributed by atoms with Gasteiger partial charge in [0.25, 0.3) is 0 Å². The average molecular weight is 435 g/mol. The Bertz CT molecular complexity index is 935.